The molecule has 0 aromatic carbocycles. The van der Waals surface area contributed by atoms with Gasteiger partial charge in [-0.1, -0.05) is 6.92 Å². The molecule has 1 rings (SSSR count). The molecule has 2 atom stereocenters. The molecule has 1 aliphatic rings. The first-order chi connectivity index (χ1) is 5.52. The molecule has 4 heteroatoms. The Morgan fingerprint density at radius 3 is 2.50 bits per heavy atom. The second kappa shape index (κ2) is 3.05. The lowest BCUT2D eigenvalue weighted by atomic mass is 9.88. The third-order valence-corrected chi connectivity index (χ3v) is 2.09. The maximum absolute atomic E-state index is 11.0. The van der Waals surface area contributed by atoms with Crippen molar-refractivity contribution in [2.24, 2.45) is 11.8 Å². The van der Waals surface area contributed by atoms with Gasteiger partial charge < -0.3 is 0 Å². The zero-order valence-corrected chi connectivity index (χ0v) is 7.09. The van der Waals surface area contributed by atoms with Crippen LogP contribution in [-0.2, 0) is 14.4 Å². The SMILES string of the molecule is CC(=O)C1CC(C)C(=O)NC1=O. The Kier molecular flexibility index (Phi) is 2.26. The molecule has 0 aromatic heterocycles. The molecule has 2 amide bonds. The first-order valence-electron chi connectivity index (χ1n) is 3.87. The Balaban J connectivity index is 2.74. The summed E-state index contributed by atoms with van der Waals surface area (Å²) in [5.41, 5.74) is 0. The maximum atomic E-state index is 11.0. The lowest BCUT2D eigenvalue weighted by molar-refractivity contribution is -0.142. The van der Waals surface area contributed by atoms with E-state index in [1.807, 2.05) is 0 Å². The third kappa shape index (κ3) is 1.52. The average Bonchev–Trinajstić information content (AvgIpc) is 1.96. The standard InChI is InChI=1S/C8H11NO3/c1-4-3-6(5(2)10)8(12)9-7(4)11/h4,6H,3H2,1-2H3,(H,9,11,12). The van der Waals surface area contributed by atoms with Crippen molar-refractivity contribution < 1.29 is 14.4 Å². The Morgan fingerprint density at radius 2 is 2.00 bits per heavy atom. The van der Waals surface area contributed by atoms with Gasteiger partial charge in [0.05, 0.1) is 5.92 Å². The molecule has 1 saturated heterocycles. The van der Waals surface area contributed by atoms with Crippen LogP contribution < -0.4 is 5.32 Å². The molecule has 0 saturated carbocycles. The summed E-state index contributed by atoms with van der Waals surface area (Å²) in [5, 5.41) is 2.16. The number of nitrogens with one attached hydrogen (secondary N) is 1. The highest BCUT2D eigenvalue weighted by molar-refractivity contribution is 6.09. The minimum atomic E-state index is -0.627. The third-order valence-electron chi connectivity index (χ3n) is 2.09. The van der Waals surface area contributed by atoms with Gasteiger partial charge in [-0.3, -0.25) is 19.7 Å². The van der Waals surface area contributed by atoms with Crippen LogP contribution in [0.3, 0.4) is 0 Å². The molecule has 0 aromatic rings. The average molecular weight is 169 g/mol. The second-order valence-corrected chi connectivity index (χ2v) is 3.15. The van der Waals surface area contributed by atoms with E-state index < -0.39 is 11.8 Å². The first-order valence-corrected chi connectivity index (χ1v) is 3.87. The van der Waals surface area contributed by atoms with Gasteiger partial charge in [-0.15, -0.1) is 0 Å². The Bertz CT molecular complexity index is 247. The fourth-order valence-corrected chi connectivity index (χ4v) is 1.25. The Labute approximate surface area is 70.3 Å². The van der Waals surface area contributed by atoms with E-state index in [0.717, 1.165) is 0 Å². The van der Waals surface area contributed by atoms with Crippen LogP contribution in [-0.4, -0.2) is 17.6 Å². The Morgan fingerprint density at radius 1 is 1.42 bits per heavy atom. The van der Waals surface area contributed by atoms with Gasteiger partial charge in [-0.05, 0) is 13.3 Å². The highest BCUT2D eigenvalue weighted by Crippen LogP contribution is 2.18. The quantitative estimate of drug-likeness (QED) is 0.439. The van der Waals surface area contributed by atoms with Gasteiger partial charge in [0.2, 0.25) is 11.8 Å². The minimum Gasteiger partial charge on any atom is -0.299 e. The number of piperidine rings is 1. The van der Waals surface area contributed by atoms with Crippen LogP contribution >= 0.6 is 0 Å². The molecular weight excluding hydrogens is 158 g/mol. The fourth-order valence-electron chi connectivity index (χ4n) is 1.25. The smallest absolute Gasteiger partial charge is 0.237 e. The van der Waals surface area contributed by atoms with Crippen molar-refractivity contribution in [1.82, 2.24) is 5.32 Å². The molecule has 1 aliphatic heterocycles. The predicted octanol–water partition coefficient (Wildman–Crippen LogP) is -0.126. The molecule has 2 unspecified atom stereocenters. The second-order valence-electron chi connectivity index (χ2n) is 3.15. The number of amides is 2. The molecule has 12 heavy (non-hydrogen) atoms. The van der Waals surface area contributed by atoms with Crippen molar-refractivity contribution in [3.8, 4) is 0 Å². The molecule has 0 aliphatic carbocycles. The van der Waals surface area contributed by atoms with Crippen molar-refractivity contribution in [2.75, 3.05) is 0 Å². The monoisotopic (exact) mass is 169 g/mol. The molecule has 0 radical (unpaired) electrons. The summed E-state index contributed by atoms with van der Waals surface area (Å²) in [7, 11) is 0. The van der Waals surface area contributed by atoms with Gasteiger partial charge in [0.15, 0.2) is 0 Å². The molecule has 4 nitrogen and oxygen atoms in total. The van der Waals surface area contributed by atoms with E-state index in [4.69, 9.17) is 0 Å². The van der Waals surface area contributed by atoms with Crippen molar-refractivity contribution in [3.05, 3.63) is 0 Å². The van der Waals surface area contributed by atoms with E-state index in [2.05, 4.69) is 5.32 Å². The lowest BCUT2D eigenvalue weighted by Crippen LogP contribution is -2.47. The summed E-state index contributed by atoms with van der Waals surface area (Å²) < 4.78 is 0. The molecular formula is C8H11NO3. The maximum Gasteiger partial charge on any atom is 0.237 e. The molecule has 1 heterocycles. The van der Waals surface area contributed by atoms with Gasteiger partial charge in [-0.25, -0.2) is 0 Å². The normalized spacial score (nSPS) is 29.8. The van der Waals surface area contributed by atoms with Gasteiger partial charge in [0.1, 0.15) is 5.78 Å². The number of Topliss-reactive ketones (excluding diaryl/α,β-unsaturated/α-hetero) is 1. The van der Waals surface area contributed by atoms with E-state index in [1.165, 1.54) is 6.92 Å². The van der Waals surface area contributed by atoms with Gasteiger partial charge in [0.25, 0.3) is 0 Å². The molecule has 1 fully saturated rings. The topological polar surface area (TPSA) is 63.2 Å². The minimum absolute atomic E-state index is 0.174. The molecule has 0 spiro atoms. The predicted molar refractivity (Wildman–Crippen MR) is 41.1 cm³/mol. The summed E-state index contributed by atoms with van der Waals surface area (Å²) in [6, 6.07) is 0. The Hall–Kier alpha value is -1.19. The lowest BCUT2D eigenvalue weighted by Gasteiger charge is -2.23. The van der Waals surface area contributed by atoms with Crippen LogP contribution in [0, 0.1) is 11.8 Å². The van der Waals surface area contributed by atoms with E-state index >= 15 is 0 Å². The van der Waals surface area contributed by atoms with Crippen LogP contribution in [0.25, 0.3) is 0 Å². The number of carbonyl (C=O) groups is 3. The van der Waals surface area contributed by atoms with Crippen LogP contribution in [0.2, 0.25) is 0 Å². The van der Waals surface area contributed by atoms with E-state index in [0.29, 0.717) is 6.42 Å². The van der Waals surface area contributed by atoms with Crippen molar-refractivity contribution >= 4 is 17.6 Å². The molecule has 1 N–H and O–H groups in total. The first kappa shape index (κ1) is 8.90. The van der Waals surface area contributed by atoms with Crippen molar-refractivity contribution in [3.63, 3.8) is 0 Å². The van der Waals surface area contributed by atoms with Gasteiger partial charge >= 0.3 is 0 Å². The van der Waals surface area contributed by atoms with Gasteiger partial charge in [0, 0.05) is 5.92 Å². The number of hydrogen-bond acceptors (Lipinski definition) is 3. The van der Waals surface area contributed by atoms with Crippen LogP contribution in [0.4, 0.5) is 0 Å². The zero-order chi connectivity index (χ0) is 9.30. The van der Waals surface area contributed by atoms with Crippen LogP contribution in [0.5, 0.6) is 0 Å². The highest BCUT2D eigenvalue weighted by Gasteiger charge is 2.34. The molecule has 66 valence electrons. The number of hydrogen-bond donors (Lipinski definition) is 1. The van der Waals surface area contributed by atoms with Crippen LogP contribution in [0.15, 0.2) is 0 Å². The summed E-state index contributed by atoms with van der Waals surface area (Å²) in [5.74, 6) is -1.77. The highest BCUT2D eigenvalue weighted by atomic mass is 16.2. The zero-order valence-electron chi connectivity index (χ0n) is 7.09. The van der Waals surface area contributed by atoms with Gasteiger partial charge in [-0.2, -0.15) is 0 Å². The number of rotatable bonds is 1. The van der Waals surface area contributed by atoms with Crippen molar-refractivity contribution in [1.29, 1.82) is 0 Å². The summed E-state index contributed by atoms with van der Waals surface area (Å²) in [6.45, 7) is 3.07. The van der Waals surface area contributed by atoms with E-state index in [-0.39, 0.29) is 17.6 Å². The number of ketones is 1. The van der Waals surface area contributed by atoms with Crippen molar-refractivity contribution in [2.45, 2.75) is 20.3 Å². The van der Waals surface area contributed by atoms with E-state index in [9.17, 15) is 14.4 Å². The fraction of sp³-hybridized carbons (Fsp3) is 0.625. The molecule has 0 bridgehead atoms. The number of carbonyl (C=O) groups excluding carboxylic acids is 3. The summed E-state index contributed by atoms with van der Waals surface area (Å²) in [6.07, 6.45) is 0.347. The number of imide groups is 1. The van der Waals surface area contributed by atoms with E-state index in [1.54, 1.807) is 6.92 Å². The summed E-state index contributed by atoms with van der Waals surface area (Å²) in [4.78, 5) is 32.9. The summed E-state index contributed by atoms with van der Waals surface area (Å²) >= 11 is 0. The van der Waals surface area contributed by atoms with Crippen LogP contribution in [0.1, 0.15) is 20.3 Å². The largest absolute Gasteiger partial charge is 0.299 e.